The molecule has 0 unspecified atom stereocenters. The largest absolute Gasteiger partial charge is 0.362 e. The van der Waals surface area contributed by atoms with Crippen molar-refractivity contribution >= 4 is 11.6 Å². The van der Waals surface area contributed by atoms with Crippen LogP contribution < -0.4 is 4.90 Å². The van der Waals surface area contributed by atoms with Crippen molar-refractivity contribution in [2.75, 3.05) is 19.0 Å². The molecule has 0 saturated carbocycles. The molecule has 0 bridgehead atoms. The van der Waals surface area contributed by atoms with Crippen LogP contribution >= 0.6 is 0 Å². The number of nitrogens with zero attached hydrogens (tertiary/aromatic N) is 5. The summed E-state index contributed by atoms with van der Waals surface area (Å²) in [5.41, 5.74) is 2.25. The second-order valence-electron chi connectivity index (χ2n) is 4.46. The van der Waals surface area contributed by atoms with E-state index in [0.29, 0.717) is 11.7 Å². The molecule has 0 amide bonds. The van der Waals surface area contributed by atoms with Crippen LogP contribution in [0.4, 0.5) is 5.82 Å². The van der Waals surface area contributed by atoms with Gasteiger partial charge in [-0.25, -0.2) is 4.98 Å². The third kappa shape index (κ3) is 1.52. The van der Waals surface area contributed by atoms with E-state index in [1.807, 2.05) is 21.0 Å². The van der Waals surface area contributed by atoms with E-state index < -0.39 is 0 Å². The van der Waals surface area contributed by atoms with Crippen molar-refractivity contribution in [2.45, 2.75) is 26.7 Å². The highest BCUT2D eigenvalue weighted by Gasteiger charge is 2.17. The zero-order valence-electron chi connectivity index (χ0n) is 10.4. The molecule has 0 aliphatic carbocycles. The van der Waals surface area contributed by atoms with Crippen LogP contribution in [-0.2, 0) is 0 Å². The lowest BCUT2D eigenvalue weighted by atomic mass is 10.0. The molecular formula is C11H17N5. The average molecular weight is 219 g/mol. The van der Waals surface area contributed by atoms with Gasteiger partial charge in [0.15, 0.2) is 0 Å². The number of rotatable bonds is 2. The molecule has 0 spiro atoms. The summed E-state index contributed by atoms with van der Waals surface area (Å²) < 4.78 is 1.79. The fraction of sp³-hybridized carbons (Fsp3) is 0.545. The Morgan fingerprint density at radius 2 is 2.00 bits per heavy atom. The number of anilines is 1. The van der Waals surface area contributed by atoms with Gasteiger partial charge >= 0.3 is 0 Å². The number of fused-ring (bicyclic) bond motifs is 1. The van der Waals surface area contributed by atoms with E-state index in [1.54, 1.807) is 10.8 Å². The Kier molecular flexibility index (Phi) is 2.53. The van der Waals surface area contributed by atoms with Gasteiger partial charge in [-0.3, -0.25) is 0 Å². The summed E-state index contributed by atoms with van der Waals surface area (Å²) in [6.07, 6.45) is 1.54. The molecule has 0 atom stereocenters. The minimum Gasteiger partial charge on any atom is -0.362 e. The number of aryl methyl sites for hydroxylation is 1. The van der Waals surface area contributed by atoms with Crippen molar-refractivity contribution in [2.24, 2.45) is 0 Å². The maximum atomic E-state index is 4.46. The Morgan fingerprint density at radius 3 is 2.56 bits per heavy atom. The van der Waals surface area contributed by atoms with Crippen molar-refractivity contribution in [3.63, 3.8) is 0 Å². The minimum absolute atomic E-state index is 0.415. The summed E-state index contributed by atoms with van der Waals surface area (Å²) in [7, 11) is 4.03. The van der Waals surface area contributed by atoms with Crippen molar-refractivity contribution in [1.29, 1.82) is 0 Å². The molecule has 5 nitrogen and oxygen atoms in total. The first-order valence-electron chi connectivity index (χ1n) is 5.40. The van der Waals surface area contributed by atoms with E-state index in [4.69, 9.17) is 0 Å². The topological polar surface area (TPSA) is 46.3 Å². The maximum absolute atomic E-state index is 4.46. The van der Waals surface area contributed by atoms with Gasteiger partial charge in [0.25, 0.3) is 5.78 Å². The summed E-state index contributed by atoms with van der Waals surface area (Å²) >= 11 is 0. The van der Waals surface area contributed by atoms with Crippen LogP contribution in [0.15, 0.2) is 6.33 Å². The Balaban J connectivity index is 2.85. The van der Waals surface area contributed by atoms with Gasteiger partial charge in [0.1, 0.15) is 12.1 Å². The molecule has 0 saturated heterocycles. The minimum atomic E-state index is 0.415. The highest BCUT2D eigenvalue weighted by molar-refractivity contribution is 5.54. The highest BCUT2D eigenvalue weighted by atomic mass is 15.4. The maximum Gasteiger partial charge on any atom is 0.254 e. The smallest absolute Gasteiger partial charge is 0.254 e. The molecule has 0 N–H and O–H groups in total. The molecule has 16 heavy (non-hydrogen) atoms. The third-order valence-electron chi connectivity index (χ3n) is 2.63. The van der Waals surface area contributed by atoms with E-state index >= 15 is 0 Å². The Labute approximate surface area is 95.1 Å². The van der Waals surface area contributed by atoms with Crippen LogP contribution in [0.2, 0.25) is 0 Å². The van der Waals surface area contributed by atoms with Gasteiger partial charge in [-0.2, -0.15) is 14.6 Å². The lowest BCUT2D eigenvalue weighted by molar-refractivity contribution is 0.790. The molecule has 5 heteroatoms. The number of hydrogen-bond acceptors (Lipinski definition) is 4. The van der Waals surface area contributed by atoms with E-state index in [-0.39, 0.29) is 0 Å². The zero-order valence-corrected chi connectivity index (χ0v) is 10.4. The summed E-state index contributed by atoms with van der Waals surface area (Å²) in [5, 5.41) is 4.23. The van der Waals surface area contributed by atoms with Crippen molar-refractivity contribution in [3.8, 4) is 0 Å². The van der Waals surface area contributed by atoms with Crippen molar-refractivity contribution in [1.82, 2.24) is 19.6 Å². The lowest BCUT2D eigenvalue weighted by Crippen LogP contribution is -2.19. The predicted octanol–water partition coefficient (Wildman–Crippen LogP) is 1.62. The van der Waals surface area contributed by atoms with Gasteiger partial charge in [0.2, 0.25) is 0 Å². The molecule has 86 valence electrons. The van der Waals surface area contributed by atoms with E-state index in [0.717, 1.165) is 11.5 Å². The summed E-state index contributed by atoms with van der Waals surface area (Å²) in [4.78, 5) is 10.7. The van der Waals surface area contributed by atoms with Crippen LogP contribution in [0.1, 0.15) is 31.0 Å². The van der Waals surface area contributed by atoms with Gasteiger partial charge in [-0.05, 0) is 12.8 Å². The van der Waals surface area contributed by atoms with Crippen LogP contribution in [0.5, 0.6) is 0 Å². The van der Waals surface area contributed by atoms with Gasteiger partial charge in [-0.1, -0.05) is 13.8 Å². The molecule has 2 aromatic heterocycles. The standard InChI is InChI=1S/C11H17N5/c1-7(2)9-8(3)14-11-12-6-13-16(11)10(9)15(4)5/h6-7H,1-5H3. The van der Waals surface area contributed by atoms with Gasteiger partial charge in [-0.15, -0.1) is 0 Å². The second kappa shape index (κ2) is 3.73. The molecule has 0 aliphatic heterocycles. The van der Waals surface area contributed by atoms with Crippen LogP contribution in [0, 0.1) is 6.92 Å². The monoisotopic (exact) mass is 219 g/mol. The number of aromatic nitrogens is 4. The van der Waals surface area contributed by atoms with E-state index in [9.17, 15) is 0 Å². The van der Waals surface area contributed by atoms with Crippen molar-refractivity contribution < 1.29 is 0 Å². The molecular weight excluding hydrogens is 202 g/mol. The Hall–Kier alpha value is -1.65. The van der Waals surface area contributed by atoms with Crippen LogP contribution in [0.3, 0.4) is 0 Å². The molecule has 2 rings (SSSR count). The fourth-order valence-electron chi connectivity index (χ4n) is 2.05. The van der Waals surface area contributed by atoms with Crippen LogP contribution in [-0.4, -0.2) is 33.7 Å². The van der Waals surface area contributed by atoms with Gasteiger partial charge < -0.3 is 4.90 Å². The Morgan fingerprint density at radius 1 is 1.31 bits per heavy atom. The normalized spacial score (nSPS) is 11.4. The first kappa shape index (κ1) is 10.9. The zero-order chi connectivity index (χ0) is 11.9. The predicted molar refractivity (Wildman–Crippen MR) is 63.9 cm³/mol. The average Bonchev–Trinajstić information content (AvgIpc) is 2.61. The molecule has 0 radical (unpaired) electrons. The fourth-order valence-corrected chi connectivity index (χ4v) is 2.05. The summed E-state index contributed by atoms with van der Waals surface area (Å²) in [6.45, 7) is 6.36. The Bertz CT molecular complexity index is 512. The van der Waals surface area contributed by atoms with Gasteiger partial charge in [0.05, 0.1) is 0 Å². The summed E-state index contributed by atoms with van der Waals surface area (Å²) in [5.74, 6) is 2.14. The van der Waals surface area contributed by atoms with Crippen molar-refractivity contribution in [3.05, 3.63) is 17.6 Å². The van der Waals surface area contributed by atoms with E-state index in [1.165, 1.54) is 5.56 Å². The third-order valence-corrected chi connectivity index (χ3v) is 2.63. The molecule has 0 aromatic carbocycles. The van der Waals surface area contributed by atoms with Crippen LogP contribution in [0.25, 0.3) is 5.78 Å². The molecule has 2 heterocycles. The highest BCUT2D eigenvalue weighted by Crippen LogP contribution is 2.28. The first-order chi connectivity index (χ1) is 7.52. The molecule has 2 aromatic rings. The summed E-state index contributed by atoms with van der Waals surface area (Å²) in [6, 6.07) is 0. The lowest BCUT2D eigenvalue weighted by Gasteiger charge is -2.21. The first-order valence-corrected chi connectivity index (χ1v) is 5.40. The molecule has 0 fully saturated rings. The van der Waals surface area contributed by atoms with E-state index in [2.05, 4.69) is 33.8 Å². The SMILES string of the molecule is Cc1nc2ncnn2c(N(C)C)c1C(C)C. The number of hydrogen-bond donors (Lipinski definition) is 0. The molecule has 0 aliphatic rings. The second-order valence-corrected chi connectivity index (χ2v) is 4.46. The van der Waals surface area contributed by atoms with Gasteiger partial charge in [0, 0.05) is 25.4 Å². The quantitative estimate of drug-likeness (QED) is 0.770.